The molecule has 2 N–H and O–H groups in total. The van der Waals surface area contributed by atoms with E-state index in [2.05, 4.69) is 46.7 Å². The van der Waals surface area contributed by atoms with Gasteiger partial charge in [0, 0.05) is 19.6 Å². The second-order valence-electron chi connectivity index (χ2n) is 6.82. The molecule has 0 bridgehead atoms. The van der Waals surface area contributed by atoms with Crippen LogP contribution in [0.4, 0.5) is 0 Å². The number of hydrogen-bond acceptors (Lipinski definition) is 2. The Morgan fingerprint density at radius 3 is 2.43 bits per heavy atom. The highest BCUT2D eigenvalue weighted by Gasteiger charge is 2.21. The van der Waals surface area contributed by atoms with Gasteiger partial charge in [-0.15, -0.1) is 0 Å². The summed E-state index contributed by atoms with van der Waals surface area (Å²) in [6.45, 7) is 8.42. The molecule has 1 heterocycles. The van der Waals surface area contributed by atoms with Crippen molar-refractivity contribution in [1.29, 1.82) is 0 Å². The molecule has 23 heavy (non-hydrogen) atoms. The molecule has 0 amide bonds. The van der Waals surface area contributed by atoms with Crippen LogP contribution in [0.25, 0.3) is 0 Å². The molecule has 0 radical (unpaired) electrons. The molecule has 126 valence electrons. The van der Waals surface area contributed by atoms with Crippen molar-refractivity contribution >= 4 is 5.96 Å². The average Bonchev–Trinajstić information content (AvgIpc) is 3.27. The summed E-state index contributed by atoms with van der Waals surface area (Å²) >= 11 is 0. The summed E-state index contributed by atoms with van der Waals surface area (Å²) in [4.78, 5) is 7.24. The Bertz CT molecular complexity index is 499. The van der Waals surface area contributed by atoms with Crippen LogP contribution >= 0.6 is 0 Å². The van der Waals surface area contributed by atoms with Gasteiger partial charge < -0.3 is 10.6 Å². The predicted octanol–water partition coefficient (Wildman–Crippen LogP) is 2.75. The number of guanidine groups is 1. The van der Waals surface area contributed by atoms with Gasteiger partial charge in [0.15, 0.2) is 5.96 Å². The zero-order valence-electron chi connectivity index (χ0n) is 14.4. The van der Waals surface area contributed by atoms with Crippen LogP contribution in [0.5, 0.6) is 0 Å². The third-order valence-electron chi connectivity index (χ3n) is 4.65. The lowest BCUT2D eigenvalue weighted by Gasteiger charge is -2.14. The van der Waals surface area contributed by atoms with Gasteiger partial charge in [-0.3, -0.25) is 4.90 Å². The Kier molecular flexibility index (Phi) is 5.92. The van der Waals surface area contributed by atoms with Crippen LogP contribution in [-0.2, 0) is 13.1 Å². The summed E-state index contributed by atoms with van der Waals surface area (Å²) in [6.07, 6.45) is 5.44. The molecule has 0 aromatic heterocycles. The molecule has 1 aromatic rings. The highest BCUT2D eigenvalue weighted by Crippen LogP contribution is 2.27. The predicted molar refractivity (Wildman–Crippen MR) is 96.5 cm³/mol. The Morgan fingerprint density at radius 2 is 1.78 bits per heavy atom. The first-order valence-electron chi connectivity index (χ1n) is 9.16. The van der Waals surface area contributed by atoms with Crippen LogP contribution < -0.4 is 10.6 Å². The lowest BCUT2D eigenvalue weighted by molar-refractivity contribution is 0.331. The van der Waals surface area contributed by atoms with Gasteiger partial charge in [0.2, 0.25) is 0 Å². The van der Waals surface area contributed by atoms with Gasteiger partial charge >= 0.3 is 0 Å². The lowest BCUT2D eigenvalue weighted by Crippen LogP contribution is -2.38. The highest BCUT2D eigenvalue weighted by atomic mass is 15.2. The molecule has 0 unspecified atom stereocenters. The fourth-order valence-electron chi connectivity index (χ4n) is 3.02. The number of likely N-dealkylation sites (tertiary alicyclic amines) is 1. The van der Waals surface area contributed by atoms with Crippen LogP contribution in [0.2, 0.25) is 0 Å². The largest absolute Gasteiger partial charge is 0.357 e. The van der Waals surface area contributed by atoms with E-state index in [9.17, 15) is 0 Å². The van der Waals surface area contributed by atoms with Gasteiger partial charge in [-0.25, -0.2) is 4.99 Å². The standard InChI is InChI=1S/C19H30N4/c1-2-20-19(21-13-16-5-6-16)22-14-17-7-9-18(10-8-17)15-23-11-3-4-12-23/h7-10,16H,2-6,11-15H2,1H3,(H2,20,21,22). The molecule has 0 atom stereocenters. The molecule has 1 saturated heterocycles. The second-order valence-corrected chi connectivity index (χ2v) is 6.82. The van der Waals surface area contributed by atoms with Gasteiger partial charge in [-0.1, -0.05) is 24.3 Å². The van der Waals surface area contributed by atoms with E-state index < -0.39 is 0 Å². The maximum Gasteiger partial charge on any atom is 0.191 e. The smallest absolute Gasteiger partial charge is 0.191 e. The quantitative estimate of drug-likeness (QED) is 0.600. The van der Waals surface area contributed by atoms with E-state index in [1.54, 1.807) is 0 Å². The molecule has 1 aliphatic carbocycles. The fourth-order valence-corrected chi connectivity index (χ4v) is 3.02. The first-order valence-corrected chi connectivity index (χ1v) is 9.16. The maximum absolute atomic E-state index is 4.70. The topological polar surface area (TPSA) is 39.7 Å². The third-order valence-corrected chi connectivity index (χ3v) is 4.65. The SMILES string of the molecule is CCNC(=NCc1ccc(CN2CCCC2)cc1)NCC1CC1. The normalized spacial score (nSPS) is 19.1. The van der Waals surface area contributed by atoms with Crippen molar-refractivity contribution in [2.75, 3.05) is 26.2 Å². The van der Waals surface area contributed by atoms with Crippen molar-refractivity contribution < 1.29 is 0 Å². The van der Waals surface area contributed by atoms with E-state index in [0.717, 1.165) is 38.1 Å². The van der Waals surface area contributed by atoms with Gasteiger partial charge in [0.1, 0.15) is 0 Å². The molecule has 1 aromatic carbocycles. The monoisotopic (exact) mass is 314 g/mol. The minimum atomic E-state index is 0.740. The van der Waals surface area contributed by atoms with Crippen LogP contribution in [0.1, 0.15) is 43.7 Å². The first kappa shape index (κ1) is 16.3. The maximum atomic E-state index is 4.70. The van der Waals surface area contributed by atoms with Gasteiger partial charge in [-0.2, -0.15) is 0 Å². The Balaban J connectivity index is 1.49. The van der Waals surface area contributed by atoms with E-state index >= 15 is 0 Å². The van der Waals surface area contributed by atoms with Gasteiger partial charge in [-0.05, 0) is 62.7 Å². The first-order chi connectivity index (χ1) is 11.3. The molecule has 1 aliphatic heterocycles. The van der Waals surface area contributed by atoms with E-state index in [1.165, 1.54) is 49.9 Å². The summed E-state index contributed by atoms with van der Waals surface area (Å²) in [6, 6.07) is 8.96. The minimum Gasteiger partial charge on any atom is -0.357 e. The van der Waals surface area contributed by atoms with Gasteiger partial charge in [0.25, 0.3) is 0 Å². The summed E-state index contributed by atoms with van der Waals surface area (Å²) in [5, 5.41) is 6.77. The number of nitrogens with zero attached hydrogens (tertiary/aromatic N) is 2. The molecular weight excluding hydrogens is 284 g/mol. The Morgan fingerprint density at radius 1 is 1.09 bits per heavy atom. The molecule has 0 spiro atoms. The number of aliphatic imine (C=N–C) groups is 1. The van der Waals surface area contributed by atoms with Crippen molar-refractivity contribution in [3.8, 4) is 0 Å². The number of nitrogens with one attached hydrogen (secondary N) is 2. The van der Waals surface area contributed by atoms with Crippen molar-refractivity contribution in [1.82, 2.24) is 15.5 Å². The Hall–Kier alpha value is -1.55. The average molecular weight is 314 g/mol. The van der Waals surface area contributed by atoms with E-state index in [0.29, 0.717) is 0 Å². The zero-order chi connectivity index (χ0) is 15.9. The van der Waals surface area contributed by atoms with Crippen LogP contribution in [-0.4, -0.2) is 37.0 Å². The summed E-state index contributed by atoms with van der Waals surface area (Å²) in [5.74, 6) is 1.81. The molecule has 2 aliphatic rings. The van der Waals surface area contributed by atoms with Gasteiger partial charge in [0.05, 0.1) is 6.54 Å². The highest BCUT2D eigenvalue weighted by molar-refractivity contribution is 5.79. The van der Waals surface area contributed by atoms with E-state index in [1.807, 2.05) is 0 Å². The van der Waals surface area contributed by atoms with Crippen LogP contribution in [0, 0.1) is 5.92 Å². The molecular formula is C19H30N4. The van der Waals surface area contributed by atoms with Crippen molar-refractivity contribution in [2.45, 2.75) is 45.7 Å². The fraction of sp³-hybridized carbons (Fsp3) is 0.632. The summed E-state index contributed by atoms with van der Waals surface area (Å²) in [5.41, 5.74) is 2.69. The minimum absolute atomic E-state index is 0.740. The number of hydrogen-bond donors (Lipinski definition) is 2. The molecule has 4 heteroatoms. The number of rotatable bonds is 7. The summed E-state index contributed by atoms with van der Waals surface area (Å²) < 4.78 is 0. The zero-order valence-corrected chi connectivity index (χ0v) is 14.4. The second kappa shape index (κ2) is 8.34. The van der Waals surface area contributed by atoms with Crippen LogP contribution in [0.3, 0.4) is 0 Å². The molecule has 3 rings (SSSR count). The molecule has 4 nitrogen and oxygen atoms in total. The van der Waals surface area contributed by atoms with E-state index in [4.69, 9.17) is 4.99 Å². The Labute approximate surface area is 140 Å². The molecule has 1 saturated carbocycles. The number of benzene rings is 1. The summed E-state index contributed by atoms with van der Waals surface area (Å²) in [7, 11) is 0. The van der Waals surface area contributed by atoms with Crippen molar-refractivity contribution in [3.63, 3.8) is 0 Å². The molecule has 2 fully saturated rings. The van der Waals surface area contributed by atoms with Crippen molar-refractivity contribution in [3.05, 3.63) is 35.4 Å². The van der Waals surface area contributed by atoms with Crippen LogP contribution in [0.15, 0.2) is 29.3 Å². The lowest BCUT2D eigenvalue weighted by atomic mass is 10.1. The third kappa shape index (κ3) is 5.54. The van der Waals surface area contributed by atoms with Crippen molar-refractivity contribution in [2.24, 2.45) is 10.9 Å². The van der Waals surface area contributed by atoms with E-state index in [-0.39, 0.29) is 0 Å².